The third kappa shape index (κ3) is 3.80. The first-order valence-electron chi connectivity index (χ1n) is 9.48. The molecule has 1 aliphatic rings. The summed E-state index contributed by atoms with van der Waals surface area (Å²) in [4.78, 5) is 8.41. The number of hydrogen-bond donors (Lipinski definition) is 1. The van der Waals surface area contributed by atoms with Gasteiger partial charge in [0, 0.05) is 61.9 Å². The maximum absolute atomic E-state index is 5.58. The quantitative estimate of drug-likeness (QED) is 0.726. The molecule has 1 saturated heterocycles. The molecular weight excluding hydrogens is 338 g/mol. The van der Waals surface area contributed by atoms with Crippen molar-refractivity contribution >= 4 is 10.9 Å². The summed E-state index contributed by atoms with van der Waals surface area (Å²) in [6.45, 7) is 6.16. The number of methoxy groups -OCH3 is 2. The number of aromatic amines is 1. The minimum atomic E-state index is 0.799. The number of H-pyrrole nitrogens is 1. The Morgan fingerprint density at radius 3 is 2.22 bits per heavy atom. The average Bonchev–Trinajstić information content (AvgIpc) is 3.12. The zero-order valence-electron chi connectivity index (χ0n) is 16.1. The standard InChI is InChI=1S/C22H27N3O2/c1-26-21-9-5-6-17(22(21)27-2)15-24-10-12-25(13-11-24)16-18-14-23-20-8-4-3-7-19(18)20/h3-9,14,23H,10-13,15-16H2,1-2H3. The molecule has 3 aromatic rings. The largest absolute Gasteiger partial charge is 0.493 e. The second-order valence-electron chi connectivity index (χ2n) is 7.06. The monoisotopic (exact) mass is 365 g/mol. The Morgan fingerprint density at radius 2 is 1.52 bits per heavy atom. The highest BCUT2D eigenvalue weighted by Crippen LogP contribution is 2.31. The van der Waals surface area contributed by atoms with Crippen LogP contribution in [0.1, 0.15) is 11.1 Å². The van der Waals surface area contributed by atoms with Gasteiger partial charge in [0.25, 0.3) is 0 Å². The average molecular weight is 365 g/mol. The Kier molecular flexibility index (Phi) is 5.32. The van der Waals surface area contributed by atoms with Crippen LogP contribution in [0, 0.1) is 0 Å². The predicted molar refractivity (Wildman–Crippen MR) is 108 cm³/mol. The number of nitrogens with one attached hydrogen (secondary N) is 1. The summed E-state index contributed by atoms with van der Waals surface area (Å²) in [7, 11) is 3.39. The molecule has 5 heteroatoms. The van der Waals surface area contributed by atoms with Gasteiger partial charge in [-0.3, -0.25) is 9.80 Å². The molecule has 1 aromatic heterocycles. The SMILES string of the molecule is COc1cccc(CN2CCN(Cc3c[nH]c4ccccc34)CC2)c1OC. The lowest BCUT2D eigenvalue weighted by molar-refractivity contribution is 0.121. The number of aromatic nitrogens is 1. The van der Waals surface area contributed by atoms with Gasteiger partial charge in [-0.15, -0.1) is 0 Å². The van der Waals surface area contributed by atoms with Crippen molar-refractivity contribution in [3.8, 4) is 11.5 Å². The second kappa shape index (κ2) is 8.03. The number of nitrogens with zero attached hydrogens (tertiary/aromatic N) is 2. The Bertz CT molecular complexity index is 897. The van der Waals surface area contributed by atoms with Crippen LogP contribution in [-0.4, -0.2) is 55.2 Å². The second-order valence-corrected chi connectivity index (χ2v) is 7.06. The van der Waals surface area contributed by atoms with Gasteiger partial charge in [-0.1, -0.05) is 30.3 Å². The van der Waals surface area contributed by atoms with E-state index in [0.717, 1.165) is 50.8 Å². The van der Waals surface area contributed by atoms with E-state index in [1.54, 1.807) is 14.2 Å². The normalized spacial score (nSPS) is 15.9. The summed E-state index contributed by atoms with van der Waals surface area (Å²) in [5, 5.41) is 1.33. The molecule has 5 nitrogen and oxygen atoms in total. The fourth-order valence-corrected chi connectivity index (χ4v) is 3.93. The van der Waals surface area contributed by atoms with Crippen molar-refractivity contribution in [1.29, 1.82) is 0 Å². The Balaban J connectivity index is 1.37. The number of fused-ring (bicyclic) bond motifs is 1. The number of piperazine rings is 1. The van der Waals surface area contributed by atoms with E-state index >= 15 is 0 Å². The smallest absolute Gasteiger partial charge is 0.165 e. The molecule has 0 unspecified atom stereocenters. The van der Waals surface area contributed by atoms with Gasteiger partial charge in [-0.25, -0.2) is 0 Å². The van der Waals surface area contributed by atoms with Crippen LogP contribution in [-0.2, 0) is 13.1 Å². The van der Waals surface area contributed by atoms with Gasteiger partial charge in [-0.2, -0.15) is 0 Å². The lowest BCUT2D eigenvalue weighted by atomic mass is 10.1. The minimum absolute atomic E-state index is 0.799. The third-order valence-electron chi connectivity index (χ3n) is 5.41. The van der Waals surface area contributed by atoms with Gasteiger partial charge in [0.05, 0.1) is 14.2 Å². The highest BCUT2D eigenvalue weighted by Gasteiger charge is 2.20. The molecule has 0 aliphatic carbocycles. The Labute approximate surface area is 160 Å². The summed E-state index contributed by atoms with van der Waals surface area (Å²) >= 11 is 0. The molecule has 0 saturated carbocycles. The molecule has 1 fully saturated rings. The number of para-hydroxylation sites is 2. The van der Waals surface area contributed by atoms with Crippen LogP contribution in [0.3, 0.4) is 0 Å². The van der Waals surface area contributed by atoms with Crippen LogP contribution in [0.5, 0.6) is 11.5 Å². The first-order chi connectivity index (χ1) is 13.3. The van der Waals surface area contributed by atoms with Crippen LogP contribution in [0.4, 0.5) is 0 Å². The van der Waals surface area contributed by atoms with Crippen molar-refractivity contribution < 1.29 is 9.47 Å². The van der Waals surface area contributed by atoms with Gasteiger partial charge >= 0.3 is 0 Å². The number of benzene rings is 2. The van der Waals surface area contributed by atoms with Crippen molar-refractivity contribution in [1.82, 2.24) is 14.8 Å². The molecule has 2 heterocycles. The molecule has 0 amide bonds. The summed E-state index contributed by atoms with van der Waals surface area (Å²) in [6, 6.07) is 14.6. The fraction of sp³-hybridized carbons (Fsp3) is 0.364. The van der Waals surface area contributed by atoms with Crippen LogP contribution in [0.25, 0.3) is 10.9 Å². The Hall–Kier alpha value is -2.50. The lowest BCUT2D eigenvalue weighted by Gasteiger charge is -2.35. The maximum atomic E-state index is 5.58. The van der Waals surface area contributed by atoms with Crippen molar-refractivity contribution in [3.63, 3.8) is 0 Å². The van der Waals surface area contributed by atoms with Crippen LogP contribution in [0.2, 0.25) is 0 Å². The first kappa shape index (κ1) is 17.9. The molecule has 2 aromatic carbocycles. The molecule has 0 radical (unpaired) electrons. The van der Waals surface area contributed by atoms with Crippen molar-refractivity contribution in [3.05, 3.63) is 59.8 Å². The van der Waals surface area contributed by atoms with Crippen molar-refractivity contribution in [2.24, 2.45) is 0 Å². The first-order valence-corrected chi connectivity index (χ1v) is 9.48. The lowest BCUT2D eigenvalue weighted by Crippen LogP contribution is -2.45. The third-order valence-corrected chi connectivity index (χ3v) is 5.41. The molecule has 0 spiro atoms. The van der Waals surface area contributed by atoms with Crippen molar-refractivity contribution in [2.75, 3.05) is 40.4 Å². The predicted octanol–water partition coefficient (Wildman–Crippen LogP) is 3.50. The van der Waals surface area contributed by atoms with E-state index in [1.807, 2.05) is 12.1 Å². The van der Waals surface area contributed by atoms with Crippen LogP contribution in [0.15, 0.2) is 48.7 Å². The van der Waals surface area contributed by atoms with Gasteiger partial charge < -0.3 is 14.5 Å². The molecule has 0 bridgehead atoms. The fourth-order valence-electron chi connectivity index (χ4n) is 3.93. The highest BCUT2D eigenvalue weighted by molar-refractivity contribution is 5.82. The van der Waals surface area contributed by atoms with Gasteiger partial charge in [0.1, 0.15) is 0 Å². The molecule has 142 valence electrons. The molecule has 0 atom stereocenters. The Morgan fingerprint density at radius 1 is 0.815 bits per heavy atom. The minimum Gasteiger partial charge on any atom is -0.493 e. The summed E-state index contributed by atoms with van der Waals surface area (Å²) in [6.07, 6.45) is 2.15. The van der Waals surface area contributed by atoms with Gasteiger partial charge in [0.15, 0.2) is 11.5 Å². The van der Waals surface area contributed by atoms with Gasteiger partial charge in [-0.05, 0) is 17.7 Å². The zero-order chi connectivity index (χ0) is 18.6. The van der Waals surface area contributed by atoms with E-state index in [1.165, 1.54) is 22.0 Å². The summed E-state index contributed by atoms with van der Waals surface area (Å²) in [5.74, 6) is 1.65. The van der Waals surface area contributed by atoms with E-state index in [2.05, 4.69) is 51.3 Å². The molecule has 1 aliphatic heterocycles. The van der Waals surface area contributed by atoms with E-state index in [-0.39, 0.29) is 0 Å². The van der Waals surface area contributed by atoms with Crippen LogP contribution < -0.4 is 9.47 Å². The van der Waals surface area contributed by atoms with E-state index < -0.39 is 0 Å². The van der Waals surface area contributed by atoms with E-state index in [4.69, 9.17) is 9.47 Å². The molecule has 27 heavy (non-hydrogen) atoms. The summed E-state index contributed by atoms with van der Waals surface area (Å²) in [5.41, 5.74) is 3.78. The highest BCUT2D eigenvalue weighted by atomic mass is 16.5. The number of rotatable bonds is 6. The molecular formula is C22H27N3O2. The number of ether oxygens (including phenoxy) is 2. The van der Waals surface area contributed by atoms with Gasteiger partial charge in [0.2, 0.25) is 0 Å². The van der Waals surface area contributed by atoms with E-state index in [9.17, 15) is 0 Å². The molecule has 1 N–H and O–H groups in total. The molecule has 4 rings (SSSR count). The summed E-state index contributed by atoms with van der Waals surface area (Å²) < 4.78 is 11.0. The maximum Gasteiger partial charge on any atom is 0.165 e. The topological polar surface area (TPSA) is 40.7 Å². The van der Waals surface area contributed by atoms with Crippen LogP contribution >= 0.6 is 0 Å². The zero-order valence-corrected chi connectivity index (χ0v) is 16.1. The van der Waals surface area contributed by atoms with Crippen molar-refractivity contribution in [2.45, 2.75) is 13.1 Å². The number of hydrogen-bond acceptors (Lipinski definition) is 4. The van der Waals surface area contributed by atoms with E-state index in [0.29, 0.717) is 0 Å².